The largest absolute Gasteiger partial charge is 0.493 e. The Hall–Kier alpha value is -3.50. The first-order valence-corrected chi connectivity index (χ1v) is 8.86. The number of anilines is 1. The van der Waals surface area contributed by atoms with Crippen molar-refractivity contribution in [3.8, 4) is 17.6 Å². The first-order valence-electron chi connectivity index (χ1n) is 8.49. The molecule has 29 heavy (non-hydrogen) atoms. The van der Waals surface area contributed by atoms with Crippen LogP contribution in [-0.4, -0.2) is 32.7 Å². The van der Waals surface area contributed by atoms with Gasteiger partial charge in [-0.05, 0) is 41.5 Å². The van der Waals surface area contributed by atoms with Crippen LogP contribution in [0.2, 0.25) is 5.02 Å². The Morgan fingerprint density at radius 3 is 2.52 bits per heavy atom. The highest BCUT2D eigenvalue weighted by Crippen LogP contribution is 2.36. The van der Waals surface area contributed by atoms with Gasteiger partial charge in [0.05, 0.1) is 31.7 Å². The molecule has 0 aliphatic rings. The van der Waals surface area contributed by atoms with E-state index in [1.165, 1.54) is 26.4 Å². The number of carbonyl (C=O) groups excluding carboxylic acids is 2. The zero-order valence-corrected chi connectivity index (χ0v) is 16.7. The molecule has 150 valence electrons. The maximum Gasteiger partial charge on any atom is 0.331 e. The van der Waals surface area contributed by atoms with Crippen molar-refractivity contribution in [2.24, 2.45) is 0 Å². The number of ether oxygens (including phenoxy) is 3. The van der Waals surface area contributed by atoms with Crippen LogP contribution in [0.15, 0.2) is 42.5 Å². The summed E-state index contributed by atoms with van der Waals surface area (Å²) < 4.78 is 15.3. The molecule has 0 spiro atoms. The van der Waals surface area contributed by atoms with Gasteiger partial charge in [-0.3, -0.25) is 4.79 Å². The van der Waals surface area contributed by atoms with Crippen LogP contribution in [0.1, 0.15) is 11.1 Å². The summed E-state index contributed by atoms with van der Waals surface area (Å²) in [5.74, 6) is -0.344. The molecule has 0 radical (unpaired) electrons. The Labute approximate surface area is 173 Å². The van der Waals surface area contributed by atoms with E-state index in [0.29, 0.717) is 34.2 Å². The number of benzene rings is 2. The van der Waals surface area contributed by atoms with Crippen molar-refractivity contribution in [2.45, 2.75) is 6.42 Å². The van der Waals surface area contributed by atoms with Crippen molar-refractivity contribution in [1.82, 2.24) is 0 Å². The molecule has 0 aliphatic carbocycles. The number of esters is 1. The molecule has 1 amide bonds. The van der Waals surface area contributed by atoms with Crippen LogP contribution in [0.3, 0.4) is 0 Å². The number of methoxy groups -OCH3 is 2. The standard InChI is InChI=1S/C21H19ClN2O5/c1-27-18-12-15(11-17(22)21(18)28-2)5-8-20(26)29-13-19(25)24-16-6-3-14(4-7-16)9-10-23/h3-8,11-12H,9,13H2,1-2H3,(H,24,25)/b8-5+. The average Bonchev–Trinajstić information content (AvgIpc) is 2.71. The number of nitrogens with zero attached hydrogens (tertiary/aromatic N) is 1. The summed E-state index contributed by atoms with van der Waals surface area (Å²) >= 11 is 6.11. The normalized spacial score (nSPS) is 10.3. The van der Waals surface area contributed by atoms with E-state index in [2.05, 4.69) is 5.32 Å². The van der Waals surface area contributed by atoms with Crippen molar-refractivity contribution in [1.29, 1.82) is 5.26 Å². The Kier molecular flexibility index (Phi) is 8.07. The number of rotatable bonds is 8. The third-order valence-electron chi connectivity index (χ3n) is 3.73. The maximum absolute atomic E-state index is 11.9. The van der Waals surface area contributed by atoms with Gasteiger partial charge in [-0.25, -0.2) is 4.79 Å². The van der Waals surface area contributed by atoms with Crippen LogP contribution in [0, 0.1) is 11.3 Å². The zero-order chi connectivity index (χ0) is 21.2. The first kappa shape index (κ1) is 21.8. The van der Waals surface area contributed by atoms with Crippen LogP contribution in [0.25, 0.3) is 6.08 Å². The summed E-state index contributed by atoms with van der Waals surface area (Å²) in [4.78, 5) is 23.7. The molecule has 2 aromatic rings. The summed E-state index contributed by atoms with van der Waals surface area (Å²) in [7, 11) is 2.95. The molecule has 0 saturated heterocycles. The number of carbonyl (C=O) groups is 2. The van der Waals surface area contributed by atoms with Gasteiger partial charge in [-0.15, -0.1) is 0 Å². The summed E-state index contributed by atoms with van der Waals surface area (Å²) in [6.45, 7) is -0.435. The molecule has 0 unspecified atom stereocenters. The molecule has 0 heterocycles. The van der Waals surface area contributed by atoms with E-state index < -0.39 is 18.5 Å². The highest BCUT2D eigenvalue weighted by Gasteiger charge is 2.10. The number of nitrogens with one attached hydrogen (secondary N) is 1. The number of amides is 1. The Balaban J connectivity index is 1.88. The predicted molar refractivity (Wildman–Crippen MR) is 109 cm³/mol. The van der Waals surface area contributed by atoms with Crippen molar-refractivity contribution in [3.63, 3.8) is 0 Å². The van der Waals surface area contributed by atoms with Crippen molar-refractivity contribution >= 4 is 35.2 Å². The molecular formula is C21H19ClN2O5. The van der Waals surface area contributed by atoms with Gasteiger partial charge in [0.25, 0.3) is 5.91 Å². The molecule has 0 saturated carbocycles. The van der Waals surface area contributed by atoms with E-state index in [4.69, 9.17) is 31.1 Å². The zero-order valence-electron chi connectivity index (χ0n) is 15.9. The van der Waals surface area contributed by atoms with E-state index in [9.17, 15) is 9.59 Å². The van der Waals surface area contributed by atoms with Crippen LogP contribution in [0.4, 0.5) is 5.69 Å². The molecule has 2 aromatic carbocycles. The fourth-order valence-electron chi connectivity index (χ4n) is 2.38. The second kappa shape index (κ2) is 10.7. The quantitative estimate of drug-likeness (QED) is 0.523. The summed E-state index contributed by atoms with van der Waals surface area (Å²) in [6.07, 6.45) is 2.97. The van der Waals surface area contributed by atoms with Crippen molar-refractivity contribution in [3.05, 3.63) is 58.6 Å². The van der Waals surface area contributed by atoms with E-state index >= 15 is 0 Å². The number of hydrogen-bond acceptors (Lipinski definition) is 6. The van der Waals surface area contributed by atoms with Gasteiger partial charge in [-0.1, -0.05) is 23.7 Å². The van der Waals surface area contributed by atoms with Gasteiger partial charge < -0.3 is 19.5 Å². The topological polar surface area (TPSA) is 97.6 Å². The number of nitriles is 1. The van der Waals surface area contributed by atoms with Gasteiger partial charge in [0.15, 0.2) is 18.1 Å². The Morgan fingerprint density at radius 1 is 1.17 bits per heavy atom. The van der Waals surface area contributed by atoms with Crippen molar-refractivity contribution in [2.75, 3.05) is 26.1 Å². The lowest BCUT2D eigenvalue weighted by Crippen LogP contribution is -2.20. The Morgan fingerprint density at radius 2 is 1.90 bits per heavy atom. The van der Waals surface area contributed by atoms with Gasteiger partial charge in [0.2, 0.25) is 0 Å². The summed E-state index contributed by atoms with van der Waals surface area (Å²) in [6, 6.07) is 12.1. The van der Waals surface area contributed by atoms with Gasteiger partial charge >= 0.3 is 5.97 Å². The second-order valence-corrected chi connectivity index (χ2v) is 6.17. The van der Waals surface area contributed by atoms with Crippen LogP contribution in [-0.2, 0) is 20.7 Å². The summed E-state index contributed by atoms with van der Waals surface area (Å²) in [5.41, 5.74) is 1.99. The van der Waals surface area contributed by atoms with Crippen LogP contribution >= 0.6 is 11.6 Å². The average molecular weight is 415 g/mol. The number of halogens is 1. The van der Waals surface area contributed by atoms with Gasteiger partial charge in [-0.2, -0.15) is 5.26 Å². The van der Waals surface area contributed by atoms with Gasteiger partial charge in [0, 0.05) is 11.8 Å². The molecule has 7 nitrogen and oxygen atoms in total. The highest BCUT2D eigenvalue weighted by molar-refractivity contribution is 6.32. The minimum atomic E-state index is -0.685. The predicted octanol–water partition coefficient (Wildman–Crippen LogP) is 3.62. The molecule has 1 N–H and O–H groups in total. The van der Waals surface area contributed by atoms with Crippen LogP contribution in [0.5, 0.6) is 11.5 Å². The first-order chi connectivity index (χ1) is 14.0. The van der Waals surface area contributed by atoms with E-state index in [0.717, 1.165) is 5.56 Å². The van der Waals surface area contributed by atoms with E-state index in [-0.39, 0.29) is 0 Å². The minimum Gasteiger partial charge on any atom is -0.493 e. The lowest BCUT2D eigenvalue weighted by Gasteiger charge is -2.10. The molecule has 8 heteroatoms. The fraction of sp³-hybridized carbons (Fsp3) is 0.190. The minimum absolute atomic E-state index is 0.295. The molecule has 2 rings (SSSR count). The van der Waals surface area contributed by atoms with Crippen molar-refractivity contribution < 1.29 is 23.8 Å². The van der Waals surface area contributed by atoms with Crippen LogP contribution < -0.4 is 14.8 Å². The van der Waals surface area contributed by atoms with E-state index in [1.807, 2.05) is 6.07 Å². The van der Waals surface area contributed by atoms with Gasteiger partial charge in [0.1, 0.15) is 0 Å². The molecule has 0 aromatic heterocycles. The monoisotopic (exact) mass is 414 g/mol. The molecular weight excluding hydrogens is 396 g/mol. The smallest absolute Gasteiger partial charge is 0.331 e. The van der Waals surface area contributed by atoms with E-state index in [1.54, 1.807) is 36.4 Å². The fourth-order valence-corrected chi connectivity index (χ4v) is 2.67. The molecule has 0 aliphatic heterocycles. The lowest BCUT2D eigenvalue weighted by molar-refractivity contribution is -0.142. The molecule has 0 fully saturated rings. The second-order valence-electron chi connectivity index (χ2n) is 5.76. The number of hydrogen-bond donors (Lipinski definition) is 1. The lowest BCUT2D eigenvalue weighted by atomic mass is 10.1. The SMILES string of the molecule is COc1cc(/C=C/C(=O)OCC(=O)Nc2ccc(CC#N)cc2)cc(Cl)c1OC. The third kappa shape index (κ3) is 6.55. The summed E-state index contributed by atoms with van der Waals surface area (Å²) in [5, 5.41) is 11.6. The third-order valence-corrected chi connectivity index (χ3v) is 4.01. The molecule has 0 bridgehead atoms. The maximum atomic E-state index is 11.9. The Bertz CT molecular complexity index is 949. The molecule has 0 atom stereocenters. The highest BCUT2D eigenvalue weighted by atomic mass is 35.5.